The predicted octanol–water partition coefficient (Wildman–Crippen LogP) is 1.66. The van der Waals surface area contributed by atoms with Crippen molar-refractivity contribution < 1.29 is 4.74 Å². The number of ether oxygens (including phenoxy) is 1. The van der Waals surface area contributed by atoms with Crippen molar-refractivity contribution in [3.05, 3.63) is 42.0 Å². The van der Waals surface area contributed by atoms with Crippen molar-refractivity contribution in [3.8, 4) is 5.75 Å². The highest BCUT2D eigenvalue weighted by atomic mass is 16.5. The number of nitrogens with zero attached hydrogens (tertiary/aromatic N) is 1. The fraction of sp³-hybridized carbons (Fsp3) is 0.214. The minimum absolute atomic E-state index is 0.123. The molecule has 3 rings (SSSR count). The van der Waals surface area contributed by atoms with Crippen molar-refractivity contribution in [2.24, 2.45) is 0 Å². The number of hydrogen-bond donors (Lipinski definition) is 3. The van der Waals surface area contributed by atoms with Crippen LogP contribution in [0.15, 0.2) is 36.4 Å². The van der Waals surface area contributed by atoms with Gasteiger partial charge in [0.1, 0.15) is 23.5 Å². The lowest BCUT2D eigenvalue weighted by Crippen LogP contribution is -2.24. The van der Waals surface area contributed by atoms with Crippen LogP contribution in [0.4, 0.5) is 17.3 Å². The fourth-order valence-corrected chi connectivity index (χ4v) is 2.17. The first kappa shape index (κ1) is 11.6. The fourth-order valence-electron chi connectivity index (χ4n) is 2.17. The molecule has 0 bridgehead atoms. The first-order valence-corrected chi connectivity index (χ1v) is 6.23. The summed E-state index contributed by atoms with van der Waals surface area (Å²) in [5.41, 5.74) is 13.0. The summed E-state index contributed by atoms with van der Waals surface area (Å²) in [5, 5.41) is 3.22. The summed E-state index contributed by atoms with van der Waals surface area (Å²) in [4.78, 5) is 4.17. The van der Waals surface area contributed by atoms with Crippen LogP contribution in [0.1, 0.15) is 5.56 Å². The van der Waals surface area contributed by atoms with Crippen LogP contribution in [0.2, 0.25) is 0 Å². The minimum Gasteiger partial charge on any atom is -0.488 e. The highest BCUT2D eigenvalue weighted by Crippen LogP contribution is 2.28. The van der Waals surface area contributed by atoms with Crippen LogP contribution < -0.4 is 21.5 Å². The molecule has 19 heavy (non-hydrogen) atoms. The second-order valence-electron chi connectivity index (χ2n) is 4.60. The van der Waals surface area contributed by atoms with Gasteiger partial charge in [-0.25, -0.2) is 4.98 Å². The number of pyridine rings is 1. The van der Waals surface area contributed by atoms with Gasteiger partial charge in [0.25, 0.3) is 0 Å². The number of rotatable bonds is 3. The molecule has 1 aliphatic heterocycles. The number of aromatic nitrogens is 1. The minimum atomic E-state index is 0.123. The number of nitrogens with two attached hydrogens (primary N) is 2. The molecule has 0 radical (unpaired) electrons. The number of fused-ring (bicyclic) bond motifs is 1. The van der Waals surface area contributed by atoms with Gasteiger partial charge in [-0.05, 0) is 23.8 Å². The van der Waals surface area contributed by atoms with Gasteiger partial charge in [0.15, 0.2) is 0 Å². The molecule has 5 N–H and O–H groups in total. The van der Waals surface area contributed by atoms with Gasteiger partial charge in [-0.15, -0.1) is 0 Å². The summed E-state index contributed by atoms with van der Waals surface area (Å²) in [6.07, 6.45) is 1.03. The highest BCUT2D eigenvalue weighted by Gasteiger charge is 2.21. The van der Waals surface area contributed by atoms with Gasteiger partial charge in [0.2, 0.25) is 0 Å². The van der Waals surface area contributed by atoms with E-state index in [1.54, 1.807) is 6.07 Å². The van der Waals surface area contributed by atoms with E-state index < -0.39 is 0 Å². The Bertz CT molecular complexity index is 575. The second kappa shape index (κ2) is 4.68. The van der Waals surface area contributed by atoms with Crippen LogP contribution in [0.5, 0.6) is 5.75 Å². The molecule has 98 valence electrons. The van der Waals surface area contributed by atoms with E-state index in [0.29, 0.717) is 23.9 Å². The van der Waals surface area contributed by atoms with E-state index >= 15 is 0 Å². The molecule has 0 aliphatic carbocycles. The summed E-state index contributed by atoms with van der Waals surface area (Å²) in [6.45, 7) is 0.686. The van der Waals surface area contributed by atoms with Gasteiger partial charge in [-0.2, -0.15) is 0 Å². The monoisotopic (exact) mass is 256 g/mol. The van der Waals surface area contributed by atoms with E-state index in [9.17, 15) is 0 Å². The Morgan fingerprint density at radius 1 is 1.21 bits per heavy atom. The molecule has 2 aromatic rings. The zero-order valence-corrected chi connectivity index (χ0v) is 10.5. The van der Waals surface area contributed by atoms with Crippen molar-refractivity contribution in [2.75, 3.05) is 23.3 Å². The van der Waals surface area contributed by atoms with Gasteiger partial charge in [0, 0.05) is 6.42 Å². The van der Waals surface area contributed by atoms with E-state index in [4.69, 9.17) is 16.2 Å². The highest BCUT2D eigenvalue weighted by molar-refractivity contribution is 5.61. The molecule has 0 spiro atoms. The van der Waals surface area contributed by atoms with Gasteiger partial charge in [-0.3, -0.25) is 0 Å². The van der Waals surface area contributed by atoms with Crippen LogP contribution >= 0.6 is 0 Å². The van der Waals surface area contributed by atoms with Crippen LogP contribution in [-0.4, -0.2) is 17.6 Å². The Labute approximate surface area is 111 Å². The summed E-state index contributed by atoms with van der Waals surface area (Å²) < 4.78 is 5.84. The van der Waals surface area contributed by atoms with Crippen LogP contribution in [0, 0.1) is 0 Å². The Kier molecular flexibility index (Phi) is 2.87. The molecule has 1 aliphatic rings. The molecule has 1 aromatic carbocycles. The molecule has 1 atom stereocenters. The van der Waals surface area contributed by atoms with Gasteiger partial charge in [-0.1, -0.05) is 18.2 Å². The molecule has 1 aromatic heterocycles. The van der Waals surface area contributed by atoms with Crippen molar-refractivity contribution in [2.45, 2.75) is 12.5 Å². The van der Waals surface area contributed by atoms with E-state index in [1.165, 1.54) is 5.56 Å². The predicted molar refractivity (Wildman–Crippen MR) is 76.1 cm³/mol. The number of nitrogens with one attached hydrogen (secondary N) is 1. The maximum Gasteiger partial charge on any atom is 0.149 e. The molecule has 5 nitrogen and oxygen atoms in total. The van der Waals surface area contributed by atoms with E-state index in [2.05, 4.69) is 16.4 Å². The Balaban J connectivity index is 1.61. The zero-order valence-electron chi connectivity index (χ0n) is 10.5. The summed E-state index contributed by atoms with van der Waals surface area (Å²) >= 11 is 0. The number of nitrogen functional groups attached to an aromatic ring is 2. The van der Waals surface area contributed by atoms with Gasteiger partial charge < -0.3 is 21.5 Å². The third-order valence-corrected chi connectivity index (χ3v) is 3.18. The average molecular weight is 256 g/mol. The standard InChI is InChI=1S/C14H16N4O/c15-11-5-6-13(18-14(11)16)17-8-10-7-9-3-1-2-4-12(9)19-10/h1-6,10H,7-8,15H2,(H3,16,17,18). The molecule has 5 heteroatoms. The lowest BCUT2D eigenvalue weighted by molar-refractivity contribution is 0.246. The SMILES string of the molecule is Nc1ccc(NCC2Cc3ccccc3O2)nc1N. The van der Waals surface area contributed by atoms with Gasteiger partial charge in [0.05, 0.1) is 12.2 Å². The van der Waals surface area contributed by atoms with Crippen molar-refractivity contribution >= 4 is 17.3 Å². The van der Waals surface area contributed by atoms with E-state index in [-0.39, 0.29) is 6.10 Å². The number of anilines is 3. The quantitative estimate of drug-likeness (QED) is 0.777. The normalized spacial score (nSPS) is 16.7. The Hall–Kier alpha value is -2.43. The average Bonchev–Trinajstić information content (AvgIpc) is 2.83. The molecule has 0 fully saturated rings. The Morgan fingerprint density at radius 2 is 2.05 bits per heavy atom. The van der Waals surface area contributed by atoms with Crippen molar-refractivity contribution in [3.63, 3.8) is 0 Å². The summed E-state index contributed by atoms with van der Waals surface area (Å²) in [5.74, 6) is 2.03. The molecule has 0 amide bonds. The molecular weight excluding hydrogens is 240 g/mol. The number of benzene rings is 1. The maximum atomic E-state index is 5.84. The first-order valence-electron chi connectivity index (χ1n) is 6.23. The van der Waals surface area contributed by atoms with Crippen LogP contribution in [-0.2, 0) is 6.42 Å². The molecule has 0 saturated carbocycles. The smallest absolute Gasteiger partial charge is 0.149 e. The maximum absolute atomic E-state index is 5.84. The van der Waals surface area contributed by atoms with Crippen LogP contribution in [0.3, 0.4) is 0 Å². The number of hydrogen-bond acceptors (Lipinski definition) is 5. The van der Waals surface area contributed by atoms with Crippen molar-refractivity contribution in [1.29, 1.82) is 0 Å². The summed E-state index contributed by atoms with van der Waals surface area (Å²) in [7, 11) is 0. The lowest BCUT2D eigenvalue weighted by atomic mass is 10.1. The Morgan fingerprint density at radius 3 is 2.84 bits per heavy atom. The lowest BCUT2D eigenvalue weighted by Gasteiger charge is -2.12. The molecule has 2 heterocycles. The summed E-state index contributed by atoms with van der Waals surface area (Å²) in [6, 6.07) is 11.7. The first-order chi connectivity index (χ1) is 9.22. The number of para-hydroxylation sites is 1. The molecule has 1 unspecified atom stereocenters. The van der Waals surface area contributed by atoms with E-state index in [1.807, 2.05) is 24.3 Å². The zero-order chi connectivity index (χ0) is 13.2. The van der Waals surface area contributed by atoms with E-state index in [0.717, 1.165) is 12.2 Å². The topological polar surface area (TPSA) is 86.2 Å². The molecular formula is C14H16N4O. The van der Waals surface area contributed by atoms with Gasteiger partial charge >= 0.3 is 0 Å². The third kappa shape index (κ3) is 2.40. The third-order valence-electron chi connectivity index (χ3n) is 3.18. The largest absolute Gasteiger partial charge is 0.488 e. The van der Waals surface area contributed by atoms with Crippen LogP contribution in [0.25, 0.3) is 0 Å². The van der Waals surface area contributed by atoms with Crippen molar-refractivity contribution in [1.82, 2.24) is 4.98 Å². The molecule has 0 saturated heterocycles. The second-order valence-corrected chi connectivity index (χ2v) is 4.60.